The third kappa shape index (κ3) is 3.60. The zero-order valence-electron chi connectivity index (χ0n) is 17.4. The number of anilines is 1. The van der Waals surface area contributed by atoms with Crippen LogP contribution in [0.2, 0.25) is 0 Å². The summed E-state index contributed by atoms with van der Waals surface area (Å²) in [7, 11) is 1.30. The molecule has 9 nitrogen and oxygen atoms in total. The maximum atomic E-state index is 12.9. The molecule has 2 aromatic heterocycles. The number of hydrogen-bond acceptors (Lipinski definition) is 7. The van der Waals surface area contributed by atoms with Gasteiger partial charge in [-0.1, -0.05) is 6.92 Å². The van der Waals surface area contributed by atoms with Crippen LogP contribution in [0.15, 0.2) is 22.8 Å². The number of nitrogens with one attached hydrogen (secondary N) is 2. The van der Waals surface area contributed by atoms with Gasteiger partial charge >= 0.3 is 12.0 Å². The Hall–Kier alpha value is -3.14. The molecule has 0 saturated carbocycles. The van der Waals surface area contributed by atoms with Crippen LogP contribution in [-0.4, -0.2) is 42.4 Å². The molecule has 1 saturated heterocycles. The molecular weight excluding hydrogens is 422 g/mol. The van der Waals surface area contributed by atoms with E-state index in [1.807, 2.05) is 0 Å². The summed E-state index contributed by atoms with van der Waals surface area (Å²) in [4.78, 5) is 52.3. The van der Waals surface area contributed by atoms with Crippen LogP contribution in [0.1, 0.15) is 46.8 Å². The summed E-state index contributed by atoms with van der Waals surface area (Å²) >= 11 is 1.34. The number of imide groups is 1. The third-order valence-electron chi connectivity index (χ3n) is 5.74. The Labute approximate surface area is 182 Å². The highest BCUT2D eigenvalue weighted by Crippen LogP contribution is 2.40. The van der Waals surface area contributed by atoms with E-state index >= 15 is 0 Å². The van der Waals surface area contributed by atoms with Gasteiger partial charge in [0.2, 0.25) is 5.91 Å². The number of fused-ring (bicyclic) bond motifs is 1. The van der Waals surface area contributed by atoms with Gasteiger partial charge in [-0.05, 0) is 49.8 Å². The number of methoxy groups -OCH3 is 1. The molecule has 0 aromatic carbocycles. The van der Waals surface area contributed by atoms with Crippen molar-refractivity contribution in [2.75, 3.05) is 19.0 Å². The van der Waals surface area contributed by atoms with Crippen molar-refractivity contribution in [2.24, 2.45) is 5.92 Å². The number of rotatable bonds is 5. The van der Waals surface area contributed by atoms with Crippen molar-refractivity contribution >= 4 is 40.2 Å². The van der Waals surface area contributed by atoms with Gasteiger partial charge in [0.15, 0.2) is 5.54 Å². The summed E-state index contributed by atoms with van der Waals surface area (Å²) in [6, 6.07) is 2.51. The monoisotopic (exact) mass is 445 g/mol. The highest BCUT2D eigenvalue weighted by molar-refractivity contribution is 7.17. The van der Waals surface area contributed by atoms with Gasteiger partial charge in [-0.15, -0.1) is 11.3 Å². The minimum absolute atomic E-state index is 0.279. The lowest BCUT2D eigenvalue weighted by Gasteiger charge is -2.19. The number of amides is 4. The van der Waals surface area contributed by atoms with Crippen LogP contribution in [-0.2, 0) is 32.7 Å². The van der Waals surface area contributed by atoms with Crippen LogP contribution in [0.25, 0.3) is 0 Å². The molecule has 4 amide bonds. The molecule has 31 heavy (non-hydrogen) atoms. The lowest BCUT2D eigenvalue weighted by Crippen LogP contribution is -2.41. The molecule has 2 atom stereocenters. The number of thiophene rings is 1. The van der Waals surface area contributed by atoms with Crippen molar-refractivity contribution in [3.8, 4) is 0 Å². The first-order valence-corrected chi connectivity index (χ1v) is 10.8. The maximum Gasteiger partial charge on any atom is 0.341 e. The van der Waals surface area contributed by atoms with E-state index in [4.69, 9.17) is 9.15 Å². The first-order valence-electron chi connectivity index (χ1n) is 9.95. The lowest BCUT2D eigenvalue weighted by molar-refractivity contribution is -0.134. The fourth-order valence-electron chi connectivity index (χ4n) is 4.04. The quantitative estimate of drug-likeness (QED) is 0.540. The van der Waals surface area contributed by atoms with Crippen LogP contribution >= 0.6 is 11.3 Å². The van der Waals surface area contributed by atoms with Crippen LogP contribution in [0.4, 0.5) is 9.80 Å². The van der Waals surface area contributed by atoms with Gasteiger partial charge in [-0.25, -0.2) is 9.59 Å². The molecule has 2 aliphatic rings. The van der Waals surface area contributed by atoms with Gasteiger partial charge in [-0.3, -0.25) is 14.5 Å². The fourth-order valence-corrected chi connectivity index (χ4v) is 5.45. The van der Waals surface area contributed by atoms with E-state index in [1.165, 1.54) is 31.6 Å². The van der Waals surface area contributed by atoms with Gasteiger partial charge in [0, 0.05) is 4.88 Å². The average molecular weight is 445 g/mol. The summed E-state index contributed by atoms with van der Waals surface area (Å²) in [6.07, 6.45) is 3.92. The zero-order valence-corrected chi connectivity index (χ0v) is 18.3. The van der Waals surface area contributed by atoms with E-state index in [2.05, 4.69) is 17.6 Å². The first kappa shape index (κ1) is 21.1. The van der Waals surface area contributed by atoms with Gasteiger partial charge in [0.1, 0.15) is 17.3 Å². The largest absolute Gasteiger partial charge is 0.466 e. The second-order valence-corrected chi connectivity index (χ2v) is 9.12. The molecule has 3 heterocycles. The number of furan rings is 1. The SMILES string of the molecule is COC(=O)c1c(NC(=O)CN2C(=O)NC(C)(c3ccco3)C2=O)sc2c1CCC(C)C2. The summed E-state index contributed by atoms with van der Waals surface area (Å²) in [5.74, 6) is -0.908. The van der Waals surface area contributed by atoms with Crippen molar-refractivity contribution < 1.29 is 28.3 Å². The smallest absolute Gasteiger partial charge is 0.341 e. The van der Waals surface area contributed by atoms with Crippen LogP contribution in [0.5, 0.6) is 0 Å². The van der Waals surface area contributed by atoms with Gasteiger partial charge in [0.25, 0.3) is 5.91 Å². The molecule has 4 rings (SSSR count). The maximum absolute atomic E-state index is 12.9. The number of carbonyl (C=O) groups is 4. The minimum atomic E-state index is -1.38. The van der Waals surface area contributed by atoms with Gasteiger partial charge < -0.3 is 19.8 Å². The molecule has 0 spiro atoms. The van der Waals surface area contributed by atoms with Crippen LogP contribution in [0.3, 0.4) is 0 Å². The Bertz CT molecular complexity index is 1060. The second kappa shape index (κ2) is 7.84. The standard InChI is InChI=1S/C21H23N3O6S/c1-11-6-7-12-13(9-11)31-17(16(12)18(26)29-3)22-15(25)10-24-19(27)21(2,23-20(24)28)14-5-4-8-30-14/h4-5,8,11H,6-7,9-10H2,1-3H3,(H,22,25)(H,23,28). The first-order chi connectivity index (χ1) is 14.7. The van der Waals surface area contributed by atoms with E-state index in [-0.39, 0.29) is 5.76 Å². The van der Waals surface area contributed by atoms with Crippen molar-refractivity contribution in [1.82, 2.24) is 10.2 Å². The zero-order chi connectivity index (χ0) is 22.3. The molecule has 0 bridgehead atoms. The highest BCUT2D eigenvalue weighted by atomic mass is 32.1. The molecule has 2 N–H and O–H groups in total. The fraction of sp³-hybridized carbons (Fsp3) is 0.429. The predicted molar refractivity (Wildman–Crippen MR) is 112 cm³/mol. The number of ether oxygens (including phenoxy) is 1. The van der Waals surface area contributed by atoms with Crippen molar-refractivity contribution in [2.45, 2.75) is 38.6 Å². The number of carbonyl (C=O) groups excluding carboxylic acids is 4. The third-order valence-corrected chi connectivity index (χ3v) is 6.91. The van der Waals surface area contributed by atoms with Crippen LogP contribution < -0.4 is 10.6 Å². The number of urea groups is 1. The lowest BCUT2D eigenvalue weighted by atomic mass is 9.88. The Balaban J connectivity index is 1.54. The molecular formula is C21H23N3O6S. The predicted octanol–water partition coefficient (Wildman–Crippen LogP) is 2.66. The molecule has 2 unspecified atom stereocenters. The molecule has 1 fully saturated rings. The molecule has 10 heteroatoms. The van der Waals surface area contributed by atoms with Crippen molar-refractivity contribution in [1.29, 1.82) is 0 Å². The van der Waals surface area contributed by atoms with E-state index < -0.39 is 35.9 Å². The molecule has 2 aromatic rings. The Morgan fingerprint density at radius 1 is 1.42 bits per heavy atom. The number of esters is 1. The van der Waals surface area contributed by atoms with Gasteiger partial charge in [0.05, 0.1) is 18.9 Å². The molecule has 164 valence electrons. The molecule has 1 aliphatic carbocycles. The van der Waals surface area contributed by atoms with Crippen LogP contribution in [0, 0.1) is 5.92 Å². The average Bonchev–Trinajstić information content (AvgIpc) is 3.42. The highest BCUT2D eigenvalue weighted by Gasteiger charge is 2.51. The Morgan fingerprint density at radius 3 is 2.87 bits per heavy atom. The van der Waals surface area contributed by atoms with E-state index in [9.17, 15) is 19.2 Å². The number of nitrogens with zero attached hydrogens (tertiary/aromatic N) is 1. The summed E-state index contributed by atoms with van der Waals surface area (Å²) in [5, 5.41) is 5.67. The molecule has 1 aliphatic heterocycles. The minimum Gasteiger partial charge on any atom is -0.466 e. The summed E-state index contributed by atoms with van der Waals surface area (Å²) in [5.41, 5.74) is -0.109. The number of hydrogen-bond donors (Lipinski definition) is 2. The van der Waals surface area contributed by atoms with Crippen molar-refractivity contribution in [3.05, 3.63) is 40.2 Å². The topological polar surface area (TPSA) is 118 Å². The van der Waals surface area contributed by atoms with Crippen molar-refractivity contribution in [3.63, 3.8) is 0 Å². The van der Waals surface area contributed by atoms with E-state index in [0.717, 1.165) is 34.6 Å². The normalized spacial score (nSPS) is 22.8. The molecule has 0 radical (unpaired) electrons. The van der Waals surface area contributed by atoms with E-state index in [0.29, 0.717) is 16.5 Å². The summed E-state index contributed by atoms with van der Waals surface area (Å²) < 4.78 is 10.2. The summed E-state index contributed by atoms with van der Waals surface area (Å²) in [6.45, 7) is 3.18. The second-order valence-electron chi connectivity index (χ2n) is 8.02. The Morgan fingerprint density at radius 2 is 2.19 bits per heavy atom. The Kier molecular flexibility index (Phi) is 5.34. The van der Waals surface area contributed by atoms with Gasteiger partial charge in [-0.2, -0.15) is 0 Å². The van der Waals surface area contributed by atoms with E-state index in [1.54, 1.807) is 12.1 Å².